The first-order valence-corrected chi connectivity index (χ1v) is 7.35. The van der Waals surface area contributed by atoms with Gasteiger partial charge in [0.15, 0.2) is 11.5 Å². The number of piperidine rings is 1. The zero-order chi connectivity index (χ0) is 14.7. The molecule has 2 aromatic rings. The fourth-order valence-corrected chi connectivity index (χ4v) is 2.88. The highest BCUT2D eigenvalue weighted by Crippen LogP contribution is 2.32. The van der Waals surface area contributed by atoms with Crippen LogP contribution in [0.15, 0.2) is 24.7 Å². The molecule has 0 spiro atoms. The number of nitrogens with zero attached hydrogens (tertiary/aromatic N) is 3. The second-order valence-corrected chi connectivity index (χ2v) is 5.67. The number of benzene rings is 1. The van der Waals surface area contributed by atoms with Crippen LogP contribution >= 0.6 is 0 Å². The van der Waals surface area contributed by atoms with E-state index in [0.717, 1.165) is 35.6 Å². The van der Waals surface area contributed by atoms with Gasteiger partial charge in [-0.2, -0.15) is 0 Å². The van der Waals surface area contributed by atoms with Crippen molar-refractivity contribution in [1.29, 1.82) is 0 Å². The number of hydrogen-bond acceptors (Lipinski definition) is 5. The minimum absolute atomic E-state index is 0.578. The largest absolute Gasteiger partial charge is 0.493 e. The molecular formula is C16H21N3O2. The summed E-state index contributed by atoms with van der Waals surface area (Å²) in [6, 6.07) is 3.86. The summed E-state index contributed by atoms with van der Waals surface area (Å²) in [5.74, 6) is 2.08. The molecule has 1 atom stereocenters. The zero-order valence-electron chi connectivity index (χ0n) is 12.6. The predicted octanol–water partition coefficient (Wildman–Crippen LogP) is 2.36. The lowest BCUT2D eigenvalue weighted by Crippen LogP contribution is -2.34. The van der Waals surface area contributed by atoms with E-state index in [2.05, 4.69) is 21.9 Å². The summed E-state index contributed by atoms with van der Waals surface area (Å²) in [4.78, 5) is 10.7. The number of aromatic nitrogens is 2. The molecule has 0 bridgehead atoms. The van der Waals surface area contributed by atoms with Crippen LogP contribution in [0.3, 0.4) is 0 Å². The molecule has 0 aliphatic carbocycles. The highest BCUT2D eigenvalue weighted by atomic mass is 16.5. The summed E-state index contributed by atoms with van der Waals surface area (Å²) in [6.07, 6.45) is 5.80. The Morgan fingerprint density at radius 2 is 2.24 bits per heavy atom. The number of methoxy groups -OCH3 is 1. The van der Waals surface area contributed by atoms with Crippen LogP contribution in [-0.2, 0) is 0 Å². The maximum Gasteiger partial charge on any atom is 0.163 e. The minimum atomic E-state index is 0.578. The molecular weight excluding hydrogens is 266 g/mol. The van der Waals surface area contributed by atoms with Gasteiger partial charge in [-0.1, -0.05) is 0 Å². The predicted molar refractivity (Wildman–Crippen MR) is 81.8 cm³/mol. The topological polar surface area (TPSA) is 47.5 Å². The molecule has 1 aromatic carbocycles. The average Bonchev–Trinajstić information content (AvgIpc) is 2.52. The van der Waals surface area contributed by atoms with Crippen LogP contribution in [-0.4, -0.2) is 48.7 Å². The molecule has 21 heavy (non-hydrogen) atoms. The molecule has 2 heterocycles. The number of fused-ring (bicyclic) bond motifs is 1. The van der Waals surface area contributed by atoms with Gasteiger partial charge in [-0.25, -0.2) is 9.97 Å². The molecule has 112 valence electrons. The van der Waals surface area contributed by atoms with Gasteiger partial charge in [0, 0.05) is 30.1 Å². The highest BCUT2D eigenvalue weighted by Gasteiger charge is 2.18. The Labute approximate surface area is 124 Å². The average molecular weight is 287 g/mol. The molecule has 1 aliphatic heterocycles. The fraction of sp³-hybridized carbons (Fsp3) is 0.500. The molecule has 1 saturated heterocycles. The van der Waals surface area contributed by atoms with Crippen LogP contribution in [0, 0.1) is 5.92 Å². The third kappa shape index (κ3) is 3.24. The maximum absolute atomic E-state index is 6.01. The molecule has 1 aromatic heterocycles. The molecule has 0 radical (unpaired) electrons. The van der Waals surface area contributed by atoms with Gasteiger partial charge in [0.25, 0.3) is 0 Å². The summed E-state index contributed by atoms with van der Waals surface area (Å²) in [7, 11) is 3.83. The smallest absolute Gasteiger partial charge is 0.163 e. The number of ether oxygens (including phenoxy) is 2. The molecule has 1 aliphatic rings. The third-order valence-corrected chi connectivity index (χ3v) is 3.99. The van der Waals surface area contributed by atoms with Crippen molar-refractivity contribution in [2.75, 3.05) is 33.9 Å². The first-order valence-electron chi connectivity index (χ1n) is 7.35. The summed E-state index contributed by atoms with van der Waals surface area (Å²) in [5.41, 5.74) is 0.876. The normalized spacial score (nSPS) is 19.6. The van der Waals surface area contributed by atoms with Gasteiger partial charge in [-0.3, -0.25) is 0 Å². The Morgan fingerprint density at radius 3 is 3.05 bits per heavy atom. The van der Waals surface area contributed by atoms with Crippen molar-refractivity contribution in [1.82, 2.24) is 14.9 Å². The lowest BCUT2D eigenvalue weighted by Gasteiger charge is -2.29. The van der Waals surface area contributed by atoms with Crippen molar-refractivity contribution in [3.8, 4) is 11.5 Å². The Kier molecular flexibility index (Phi) is 4.20. The maximum atomic E-state index is 6.01. The van der Waals surface area contributed by atoms with Crippen molar-refractivity contribution in [3.05, 3.63) is 24.7 Å². The molecule has 1 unspecified atom stereocenters. The van der Waals surface area contributed by atoms with E-state index in [-0.39, 0.29) is 0 Å². The van der Waals surface area contributed by atoms with Crippen molar-refractivity contribution in [3.63, 3.8) is 0 Å². The standard InChI is InChI=1S/C16H21N3O2/c1-19-5-3-4-12(9-19)10-21-16-7-14-13(6-15(16)20-2)8-17-11-18-14/h6-8,11-12H,3-5,9-10H2,1-2H3. The van der Waals surface area contributed by atoms with Gasteiger partial charge in [-0.05, 0) is 32.5 Å². The minimum Gasteiger partial charge on any atom is -0.493 e. The first kappa shape index (κ1) is 14.1. The summed E-state index contributed by atoms with van der Waals surface area (Å²) < 4.78 is 11.4. The molecule has 5 nitrogen and oxygen atoms in total. The van der Waals surface area contributed by atoms with Gasteiger partial charge in [0.1, 0.15) is 6.33 Å². The summed E-state index contributed by atoms with van der Waals surface area (Å²) in [6.45, 7) is 3.00. The van der Waals surface area contributed by atoms with Crippen LogP contribution in [0.4, 0.5) is 0 Å². The Balaban J connectivity index is 1.76. The number of likely N-dealkylation sites (tertiary alicyclic amines) is 1. The highest BCUT2D eigenvalue weighted by molar-refractivity contribution is 5.81. The molecule has 0 N–H and O–H groups in total. The Bertz CT molecular complexity index is 617. The van der Waals surface area contributed by atoms with Crippen LogP contribution in [0.25, 0.3) is 10.9 Å². The van der Waals surface area contributed by atoms with E-state index in [0.29, 0.717) is 5.92 Å². The molecule has 1 fully saturated rings. The molecule has 0 amide bonds. The van der Waals surface area contributed by atoms with E-state index in [9.17, 15) is 0 Å². The van der Waals surface area contributed by atoms with E-state index >= 15 is 0 Å². The van der Waals surface area contributed by atoms with E-state index in [1.807, 2.05) is 12.1 Å². The van der Waals surface area contributed by atoms with Gasteiger partial charge in [-0.15, -0.1) is 0 Å². The second-order valence-electron chi connectivity index (χ2n) is 5.67. The molecule has 5 heteroatoms. The summed E-state index contributed by atoms with van der Waals surface area (Å²) in [5, 5.41) is 0.957. The summed E-state index contributed by atoms with van der Waals surface area (Å²) >= 11 is 0. The van der Waals surface area contributed by atoms with E-state index in [4.69, 9.17) is 9.47 Å². The Hall–Kier alpha value is -1.88. The number of hydrogen-bond donors (Lipinski definition) is 0. The second kappa shape index (κ2) is 6.26. The molecule has 0 saturated carbocycles. The zero-order valence-corrected chi connectivity index (χ0v) is 12.6. The van der Waals surface area contributed by atoms with Crippen LogP contribution in [0.2, 0.25) is 0 Å². The van der Waals surface area contributed by atoms with Crippen LogP contribution in [0.5, 0.6) is 11.5 Å². The Morgan fingerprint density at radius 1 is 1.33 bits per heavy atom. The quantitative estimate of drug-likeness (QED) is 0.864. The SMILES string of the molecule is COc1cc2cncnc2cc1OCC1CCCN(C)C1. The third-order valence-electron chi connectivity index (χ3n) is 3.99. The van der Waals surface area contributed by atoms with Crippen molar-refractivity contribution >= 4 is 10.9 Å². The van der Waals surface area contributed by atoms with Crippen LogP contribution < -0.4 is 9.47 Å². The lowest BCUT2D eigenvalue weighted by atomic mass is 9.99. The fourth-order valence-electron chi connectivity index (χ4n) is 2.88. The van der Waals surface area contributed by atoms with Gasteiger partial charge in [0.05, 0.1) is 19.2 Å². The number of rotatable bonds is 4. The van der Waals surface area contributed by atoms with Crippen molar-refractivity contribution < 1.29 is 9.47 Å². The van der Waals surface area contributed by atoms with Crippen molar-refractivity contribution in [2.24, 2.45) is 5.92 Å². The monoisotopic (exact) mass is 287 g/mol. The van der Waals surface area contributed by atoms with E-state index < -0.39 is 0 Å². The first-order chi connectivity index (χ1) is 10.3. The van der Waals surface area contributed by atoms with Crippen LogP contribution in [0.1, 0.15) is 12.8 Å². The van der Waals surface area contributed by atoms with E-state index in [1.54, 1.807) is 19.6 Å². The van der Waals surface area contributed by atoms with Gasteiger partial charge in [0.2, 0.25) is 0 Å². The van der Waals surface area contributed by atoms with E-state index in [1.165, 1.54) is 19.4 Å². The lowest BCUT2D eigenvalue weighted by molar-refractivity contribution is 0.148. The van der Waals surface area contributed by atoms with Gasteiger partial charge >= 0.3 is 0 Å². The van der Waals surface area contributed by atoms with Gasteiger partial charge < -0.3 is 14.4 Å². The molecule has 3 rings (SSSR count). The van der Waals surface area contributed by atoms with Crippen molar-refractivity contribution in [2.45, 2.75) is 12.8 Å².